The molecule has 1 atom stereocenters. The van der Waals surface area contributed by atoms with E-state index in [1.165, 1.54) is 22.3 Å². The van der Waals surface area contributed by atoms with E-state index < -0.39 is 0 Å². The van der Waals surface area contributed by atoms with Crippen LogP contribution in [0.2, 0.25) is 0 Å². The molecule has 0 saturated heterocycles. The van der Waals surface area contributed by atoms with Gasteiger partial charge in [0.15, 0.2) is 0 Å². The van der Waals surface area contributed by atoms with Crippen molar-refractivity contribution in [1.29, 1.82) is 0 Å². The van der Waals surface area contributed by atoms with Crippen molar-refractivity contribution in [2.24, 2.45) is 0 Å². The Bertz CT molecular complexity index is 971. The van der Waals surface area contributed by atoms with Gasteiger partial charge in [-0.1, -0.05) is 97.9 Å². The van der Waals surface area contributed by atoms with Crippen molar-refractivity contribution in [3.05, 3.63) is 138 Å². The van der Waals surface area contributed by atoms with Gasteiger partial charge in [-0.15, -0.1) is 0 Å². The third kappa shape index (κ3) is 4.68. The number of aryl methyl sites for hydroxylation is 1. The number of aromatic nitrogens is 1. The van der Waals surface area contributed by atoms with Gasteiger partial charge in [-0.05, 0) is 59.6 Å². The van der Waals surface area contributed by atoms with Crippen LogP contribution in [0, 0.1) is 0 Å². The van der Waals surface area contributed by atoms with Gasteiger partial charge in [0.2, 0.25) is 0 Å². The van der Waals surface area contributed by atoms with E-state index >= 15 is 0 Å². The first-order chi connectivity index (χ1) is 14.8. The van der Waals surface area contributed by atoms with Crippen LogP contribution in [0.5, 0.6) is 0 Å². The molecule has 0 aliphatic carbocycles. The normalized spacial score (nSPS) is 12.4. The lowest BCUT2D eigenvalue weighted by molar-refractivity contribution is 0.437. The molecule has 0 bridgehead atoms. The molecule has 1 unspecified atom stereocenters. The zero-order valence-corrected chi connectivity index (χ0v) is 17.6. The molecule has 30 heavy (non-hydrogen) atoms. The summed E-state index contributed by atoms with van der Waals surface area (Å²) in [7, 11) is 0. The fourth-order valence-electron chi connectivity index (χ4n) is 4.51. The van der Waals surface area contributed by atoms with Gasteiger partial charge in [-0.3, -0.25) is 4.98 Å². The van der Waals surface area contributed by atoms with E-state index in [1.807, 2.05) is 12.4 Å². The topological polar surface area (TPSA) is 12.9 Å². The lowest BCUT2D eigenvalue weighted by Gasteiger charge is -2.35. The van der Waals surface area contributed by atoms with Crippen molar-refractivity contribution in [1.82, 2.24) is 4.98 Å². The lowest BCUT2D eigenvalue weighted by atomic mass is 9.68. The van der Waals surface area contributed by atoms with Crippen LogP contribution in [0.25, 0.3) is 0 Å². The summed E-state index contributed by atoms with van der Waals surface area (Å²) in [5.41, 5.74) is 5.47. The summed E-state index contributed by atoms with van der Waals surface area (Å²) in [6.07, 6.45) is 7.02. The van der Waals surface area contributed by atoms with E-state index in [1.54, 1.807) is 0 Å². The number of hydrogen-bond donors (Lipinski definition) is 0. The van der Waals surface area contributed by atoms with Crippen molar-refractivity contribution in [3.63, 3.8) is 0 Å². The Hall–Kier alpha value is -3.19. The maximum atomic E-state index is 4.17. The van der Waals surface area contributed by atoms with E-state index in [9.17, 15) is 0 Å². The molecule has 0 saturated carbocycles. The molecule has 0 fully saturated rings. The van der Waals surface area contributed by atoms with Crippen LogP contribution >= 0.6 is 0 Å². The third-order valence-corrected chi connectivity index (χ3v) is 6.28. The zero-order valence-electron chi connectivity index (χ0n) is 17.6. The molecule has 1 heteroatoms. The Morgan fingerprint density at radius 2 is 1.17 bits per heavy atom. The van der Waals surface area contributed by atoms with Gasteiger partial charge in [0.05, 0.1) is 0 Å². The number of rotatable bonds is 8. The number of hydrogen-bond acceptors (Lipinski definition) is 1. The molecule has 1 nitrogen and oxygen atoms in total. The van der Waals surface area contributed by atoms with Crippen molar-refractivity contribution < 1.29 is 0 Å². The molecule has 4 rings (SSSR count). The summed E-state index contributed by atoms with van der Waals surface area (Å²) in [5, 5.41) is 0. The summed E-state index contributed by atoms with van der Waals surface area (Å²) in [5.74, 6) is 0.463. The van der Waals surface area contributed by atoms with Gasteiger partial charge in [0.25, 0.3) is 0 Å². The maximum absolute atomic E-state index is 4.17. The zero-order chi connectivity index (χ0) is 20.7. The highest BCUT2D eigenvalue weighted by molar-refractivity contribution is 5.39. The highest BCUT2D eigenvalue weighted by Gasteiger charge is 2.32. The van der Waals surface area contributed by atoms with E-state index in [4.69, 9.17) is 0 Å². The number of nitrogens with zero attached hydrogens (tertiary/aromatic N) is 1. The minimum absolute atomic E-state index is 0.0543. The first kappa shape index (κ1) is 20.1. The van der Waals surface area contributed by atoms with Gasteiger partial charge in [-0.25, -0.2) is 0 Å². The monoisotopic (exact) mass is 391 g/mol. The SMILES string of the molecule is CC(CC(CCc1ccncc1)c1ccccc1)(c1ccccc1)c1ccccc1. The minimum Gasteiger partial charge on any atom is -0.265 e. The van der Waals surface area contributed by atoms with Gasteiger partial charge >= 0.3 is 0 Å². The van der Waals surface area contributed by atoms with Crippen molar-refractivity contribution in [2.75, 3.05) is 0 Å². The maximum Gasteiger partial charge on any atom is 0.0270 e. The van der Waals surface area contributed by atoms with Gasteiger partial charge < -0.3 is 0 Å². The Kier molecular flexibility index (Phi) is 6.39. The molecule has 0 aliphatic rings. The first-order valence-corrected chi connectivity index (χ1v) is 10.8. The predicted octanol–water partition coefficient (Wildman–Crippen LogP) is 7.19. The summed E-state index contributed by atoms with van der Waals surface area (Å²) >= 11 is 0. The summed E-state index contributed by atoms with van der Waals surface area (Å²) in [6, 6.07) is 37.2. The van der Waals surface area contributed by atoms with Crippen LogP contribution in [-0.4, -0.2) is 4.98 Å². The Balaban J connectivity index is 1.69. The van der Waals surface area contributed by atoms with Gasteiger partial charge in [0.1, 0.15) is 0 Å². The number of benzene rings is 3. The Morgan fingerprint density at radius 1 is 0.667 bits per heavy atom. The standard InChI is InChI=1S/C29H29N/c1-29(27-13-7-3-8-14-27,28-15-9-4-10-16-28)23-26(25-11-5-2-6-12-25)18-17-24-19-21-30-22-20-24/h2-16,19-22,26H,17-18,23H2,1H3. The molecular weight excluding hydrogens is 362 g/mol. The first-order valence-electron chi connectivity index (χ1n) is 10.8. The number of pyridine rings is 1. The highest BCUT2D eigenvalue weighted by Crippen LogP contribution is 2.42. The molecule has 0 amide bonds. The van der Waals surface area contributed by atoms with Crippen LogP contribution in [-0.2, 0) is 11.8 Å². The van der Waals surface area contributed by atoms with Gasteiger partial charge in [0, 0.05) is 17.8 Å². The van der Waals surface area contributed by atoms with Crippen LogP contribution in [0.1, 0.15) is 47.9 Å². The molecule has 1 heterocycles. The van der Waals surface area contributed by atoms with Crippen LogP contribution in [0.15, 0.2) is 116 Å². The van der Waals surface area contributed by atoms with Gasteiger partial charge in [-0.2, -0.15) is 0 Å². The molecule has 0 radical (unpaired) electrons. The molecular formula is C29H29N. The molecule has 0 aliphatic heterocycles. The van der Waals surface area contributed by atoms with Crippen molar-refractivity contribution in [3.8, 4) is 0 Å². The Morgan fingerprint density at radius 3 is 1.70 bits per heavy atom. The van der Waals surface area contributed by atoms with Crippen molar-refractivity contribution >= 4 is 0 Å². The molecule has 4 aromatic rings. The summed E-state index contributed by atoms with van der Waals surface area (Å²) in [6.45, 7) is 2.40. The average molecular weight is 392 g/mol. The second-order valence-electron chi connectivity index (χ2n) is 8.27. The average Bonchev–Trinajstić information content (AvgIpc) is 2.84. The van der Waals surface area contributed by atoms with E-state index in [0.29, 0.717) is 5.92 Å². The second-order valence-corrected chi connectivity index (χ2v) is 8.27. The molecule has 3 aromatic carbocycles. The fraction of sp³-hybridized carbons (Fsp3) is 0.207. The second kappa shape index (κ2) is 9.54. The van der Waals surface area contributed by atoms with Crippen LogP contribution in [0.4, 0.5) is 0 Å². The molecule has 150 valence electrons. The Labute approximate surface area is 180 Å². The smallest absolute Gasteiger partial charge is 0.0270 e. The minimum atomic E-state index is -0.0543. The van der Waals surface area contributed by atoms with Crippen LogP contribution in [0.3, 0.4) is 0 Å². The largest absolute Gasteiger partial charge is 0.265 e. The van der Waals surface area contributed by atoms with Crippen LogP contribution < -0.4 is 0 Å². The predicted molar refractivity (Wildman–Crippen MR) is 126 cm³/mol. The van der Waals surface area contributed by atoms with E-state index in [0.717, 1.165) is 19.3 Å². The van der Waals surface area contributed by atoms with E-state index in [2.05, 4.69) is 115 Å². The third-order valence-electron chi connectivity index (χ3n) is 6.28. The summed E-state index contributed by atoms with van der Waals surface area (Å²) in [4.78, 5) is 4.17. The highest BCUT2D eigenvalue weighted by atomic mass is 14.6. The lowest BCUT2D eigenvalue weighted by Crippen LogP contribution is -2.27. The summed E-state index contributed by atoms with van der Waals surface area (Å²) < 4.78 is 0. The molecule has 0 spiro atoms. The fourth-order valence-corrected chi connectivity index (χ4v) is 4.51. The molecule has 0 N–H and O–H groups in total. The quantitative estimate of drug-likeness (QED) is 0.310. The van der Waals surface area contributed by atoms with E-state index in [-0.39, 0.29) is 5.41 Å². The molecule has 1 aromatic heterocycles. The van der Waals surface area contributed by atoms with Crippen molar-refractivity contribution in [2.45, 2.75) is 37.5 Å².